The maximum Gasteiger partial charge on any atom is 0.244 e. The van der Waals surface area contributed by atoms with Crippen LogP contribution in [-0.4, -0.2) is 18.4 Å². The molecule has 0 aromatic heterocycles. The molecule has 2 aromatic rings. The third-order valence-corrected chi connectivity index (χ3v) is 4.13. The van der Waals surface area contributed by atoms with Crippen LogP contribution in [0.3, 0.4) is 0 Å². The minimum atomic E-state index is -0.329. The largest absolute Gasteiger partial charge is 0.324 e. The van der Waals surface area contributed by atoms with Crippen LogP contribution in [0, 0.1) is 13.8 Å². The second-order valence-corrected chi connectivity index (χ2v) is 6.40. The molecule has 1 N–H and O–H groups in total. The molecule has 2 rings (SSSR count). The van der Waals surface area contributed by atoms with Gasteiger partial charge in [0.2, 0.25) is 11.8 Å². The van der Waals surface area contributed by atoms with Crippen LogP contribution in [-0.2, 0) is 9.59 Å². The van der Waals surface area contributed by atoms with E-state index in [4.69, 9.17) is 23.2 Å². The summed E-state index contributed by atoms with van der Waals surface area (Å²) in [5.41, 5.74) is 3.23. The molecule has 0 bridgehead atoms. The summed E-state index contributed by atoms with van der Waals surface area (Å²) in [7, 11) is 0. The number of anilines is 2. The molecule has 0 unspecified atom stereocenters. The number of carbonyl (C=O) groups is 2. The Morgan fingerprint density at radius 2 is 1.71 bits per heavy atom. The highest BCUT2D eigenvalue weighted by Crippen LogP contribution is 2.24. The molecular formula is C18H18Cl2N2O2. The van der Waals surface area contributed by atoms with Crippen molar-refractivity contribution in [3.8, 4) is 0 Å². The monoisotopic (exact) mass is 364 g/mol. The zero-order valence-corrected chi connectivity index (χ0v) is 15.2. The zero-order valence-electron chi connectivity index (χ0n) is 13.7. The van der Waals surface area contributed by atoms with E-state index in [-0.39, 0.29) is 18.4 Å². The van der Waals surface area contributed by atoms with Crippen molar-refractivity contribution in [2.75, 3.05) is 16.8 Å². The first-order valence-electron chi connectivity index (χ1n) is 7.38. The topological polar surface area (TPSA) is 49.4 Å². The average Bonchev–Trinajstić information content (AvgIpc) is 2.46. The number of hydrogen-bond acceptors (Lipinski definition) is 2. The molecule has 2 amide bonds. The molecule has 126 valence electrons. The number of rotatable bonds is 4. The molecule has 0 saturated heterocycles. The molecular weight excluding hydrogens is 347 g/mol. The number of carbonyl (C=O) groups excluding carboxylic acids is 2. The third kappa shape index (κ3) is 4.49. The number of hydrogen-bond donors (Lipinski definition) is 1. The van der Waals surface area contributed by atoms with E-state index in [1.165, 1.54) is 11.8 Å². The van der Waals surface area contributed by atoms with Gasteiger partial charge in [0, 0.05) is 28.3 Å². The van der Waals surface area contributed by atoms with Crippen LogP contribution in [0.2, 0.25) is 10.0 Å². The van der Waals surface area contributed by atoms with Crippen molar-refractivity contribution >= 4 is 46.4 Å². The summed E-state index contributed by atoms with van der Waals surface area (Å²) < 4.78 is 0. The molecule has 0 saturated carbocycles. The Balaban J connectivity index is 2.20. The van der Waals surface area contributed by atoms with E-state index in [0.29, 0.717) is 15.7 Å². The molecule has 0 spiro atoms. The Morgan fingerprint density at radius 1 is 1.08 bits per heavy atom. The predicted octanol–water partition coefficient (Wildman–Crippen LogP) is 4.60. The molecule has 0 aliphatic heterocycles. The molecule has 6 heteroatoms. The SMILES string of the molecule is CC(=O)N(CC(=O)Nc1cc(Cl)cc(Cl)c1)c1cccc(C)c1C. The summed E-state index contributed by atoms with van der Waals surface area (Å²) in [5, 5.41) is 3.56. The number of amides is 2. The highest BCUT2D eigenvalue weighted by molar-refractivity contribution is 6.35. The van der Waals surface area contributed by atoms with Crippen LogP contribution >= 0.6 is 23.2 Å². The number of nitrogens with one attached hydrogen (secondary N) is 1. The molecule has 0 aliphatic carbocycles. The van der Waals surface area contributed by atoms with Crippen molar-refractivity contribution in [3.63, 3.8) is 0 Å². The highest BCUT2D eigenvalue weighted by atomic mass is 35.5. The van der Waals surface area contributed by atoms with Gasteiger partial charge >= 0.3 is 0 Å². The zero-order chi connectivity index (χ0) is 17.9. The highest BCUT2D eigenvalue weighted by Gasteiger charge is 2.18. The summed E-state index contributed by atoms with van der Waals surface area (Å²) >= 11 is 11.8. The molecule has 0 radical (unpaired) electrons. The second kappa shape index (κ2) is 7.69. The van der Waals surface area contributed by atoms with Crippen molar-refractivity contribution in [2.45, 2.75) is 20.8 Å². The van der Waals surface area contributed by atoms with E-state index in [0.717, 1.165) is 16.8 Å². The van der Waals surface area contributed by atoms with Gasteiger partial charge in [-0.2, -0.15) is 0 Å². The van der Waals surface area contributed by atoms with Gasteiger partial charge in [0.15, 0.2) is 0 Å². The van der Waals surface area contributed by atoms with Gasteiger partial charge in [-0.05, 0) is 49.2 Å². The lowest BCUT2D eigenvalue weighted by molar-refractivity contribution is -0.120. The fourth-order valence-electron chi connectivity index (χ4n) is 2.36. The predicted molar refractivity (Wildman–Crippen MR) is 99.0 cm³/mol. The van der Waals surface area contributed by atoms with Crippen LogP contribution in [0.25, 0.3) is 0 Å². The van der Waals surface area contributed by atoms with E-state index in [2.05, 4.69) is 5.32 Å². The maximum absolute atomic E-state index is 12.3. The van der Waals surface area contributed by atoms with Crippen LogP contribution < -0.4 is 10.2 Å². The molecule has 4 nitrogen and oxygen atoms in total. The third-order valence-electron chi connectivity index (χ3n) is 3.69. The van der Waals surface area contributed by atoms with Crippen molar-refractivity contribution < 1.29 is 9.59 Å². The van der Waals surface area contributed by atoms with Crippen molar-refractivity contribution in [2.24, 2.45) is 0 Å². The molecule has 0 heterocycles. The summed E-state index contributed by atoms with van der Waals surface area (Å²) in [4.78, 5) is 25.8. The number of aryl methyl sites for hydroxylation is 1. The van der Waals surface area contributed by atoms with Gasteiger partial charge < -0.3 is 10.2 Å². The average molecular weight is 365 g/mol. The Kier molecular flexibility index (Phi) is 5.86. The lowest BCUT2D eigenvalue weighted by Crippen LogP contribution is -2.37. The number of nitrogens with zero attached hydrogens (tertiary/aromatic N) is 1. The first kappa shape index (κ1) is 18.3. The van der Waals surface area contributed by atoms with Crippen molar-refractivity contribution in [1.29, 1.82) is 0 Å². The molecule has 24 heavy (non-hydrogen) atoms. The van der Waals surface area contributed by atoms with Crippen molar-refractivity contribution in [3.05, 3.63) is 57.6 Å². The van der Waals surface area contributed by atoms with E-state index in [1.54, 1.807) is 18.2 Å². The molecule has 0 fully saturated rings. The van der Waals surface area contributed by atoms with E-state index in [1.807, 2.05) is 32.0 Å². The molecule has 2 aromatic carbocycles. The summed E-state index contributed by atoms with van der Waals surface area (Å²) in [6.45, 7) is 5.23. The lowest BCUT2D eigenvalue weighted by Gasteiger charge is -2.23. The van der Waals surface area contributed by atoms with Gasteiger partial charge in [-0.15, -0.1) is 0 Å². The van der Waals surface area contributed by atoms with Gasteiger partial charge in [-0.1, -0.05) is 35.3 Å². The minimum Gasteiger partial charge on any atom is -0.324 e. The Morgan fingerprint density at radius 3 is 2.29 bits per heavy atom. The van der Waals surface area contributed by atoms with Crippen LogP contribution in [0.1, 0.15) is 18.1 Å². The fraction of sp³-hybridized carbons (Fsp3) is 0.222. The number of halogens is 2. The summed E-state index contributed by atoms with van der Waals surface area (Å²) in [6, 6.07) is 10.4. The normalized spacial score (nSPS) is 10.4. The van der Waals surface area contributed by atoms with E-state index >= 15 is 0 Å². The van der Waals surface area contributed by atoms with E-state index in [9.17, 15) is 9.59 Å². The Bertz CT molecular complexity index is 770. The maximum atomic E-state index is 12.3. The lowest BCUT2D eigenvalue weighted by atomic mass is 10.1. The van der Waals surface area contributed by atoms with Gasteiger partial charge in [0.25, 0.3) is 0 Å². The fourth-order valence-corrected chi connectivity index (χ4v) is 2.89. The smallest absolute Gasteiger partial charge is 0.244 e. The minimum absolute atomic E-state index is 0.0935. The first-order valence-corrected chi connectivity index (χ1v) is 8.14. The van der Waals surface area contributed by atoms with Crippen LogP contribution in [0.15, 0.2) is 36.4 Å². The summed E-state index contributed by atoms with van der Waals surface area (Å²) in [5.74, 6) is -0.535. The van der Waals surface area contributed by atoms with Gasteiger partial charge in [-0.25, -0.2) is 0 Å². The Labute approximate surface area is 151 Å². The Hall–Kier alpha value is -2.04. The second-order valence-electron chi connectivity index (χ2n) is 5.53. The van der Waals surface area contributed by atoms with Gasteiger partial charge in [0.1, 0.15) is 6.54 Å². The van der Waals surface area contributed by atoms with E-state index < -0.39 is 0 Å². The first-order chi connectivity index (χ1) is 11.3. The molecule has 0 aliphatic rings. The van der Waals surface area contributed by atoms with Crippen molar-refractivity contribution in [1.82, 2.24) is 0 Å². The van der Waals surface area contributed by atoms with Gasteiger partial charge in [0.05, 0.1) is 0 Å². The van der Waals surface area contributed by atoms with Gasteiger partial charge in [-0.3, -0.25) is 9.59 Å². The summed E-state index contributed by atoms with van der Waals surface area (Å²) in [6.07, 6.45) is 0. The van der Waals surface area contributed by atoms with Crippen LogP contribution in [0.4, 0.5) is 11.4 Å². The quantitative estimate of drug-likeness (QED) is 0.861. The standard InChI is InChI=1S/C18H18Cl2N2O2/c1-11-5-4-6-17(12(11)2)22(13(3)23)10-18(24)21-16-8-14(19)7-15(20)9-16/h4-9H,10H2,1-3H3,(H,21,24). The van der Waals surface area contributed by atoms with Crippen LogP contribution in [0.5, 0.6) is 0 Å². The number of benzene rings is 2. The molecule has 0 atom stereocenters.